The Morgan fingerprint density at radius 1 is 1.32 bits per heavy atom. The first-order chi connectivity index (χ1) is 9.11. The maximum Gasteiger partial charge on any atom is 0.123 e. The van der Waals surface area contributed by atoms with Gasteiger partial charge in [-0.2, -0.15) is 0 Å². The van der Waals surface area contributed by atoms with E-state index in [4.69, 9.17) is 11.6 Å². The molecule has 1 unspecified atom stereocenters. The Morgan fingerprint density at radius 2 is 2.11 bits per heavy atom. The number of aliphatic hydroxyl groups excluding tert-OH is 1. The third-order valence-electron chi connectivity index (χ3n) is 3.10. The molecule has 0 aliphatic carbocycles. The number of hydrogen-bond donors (Lipinski definition) is 1. The molecule has 1 aromatic carbocycles. The Hall–Kier alpha value is -1.45. The highest BCUT2D eigenvalue weighted by molar-refractivity contribution is 6.31. The summed E-state index contributed by atoms with van der Waals surface area (Å²) in [6, 6.07) is 5.96. The van der Waals surface area contributed by atoms with E-state index >= 15 is 0 Å². The molecule has 0 fully saturated rings. The van der Waals surface area contributed by atoms with E-state index in [2.05, 4.69) is 4.98 Å². The molecule has 2 nitrogen and oxygen atoms in total. The fourth-order valence-corrected chi connectivity index (χ4v) is 2.27. The van der Waals surface area contributed by atoms with Gasteiger partial charge in [0.2, 0.25) is 0 Å². The van der Waals surface area contributed by atoms with Crippen LogP contribution in [0.2, 0.25) is 5.02 Å². The Labute approximate surface area is 116 Å². The predicted molar refractivity (Wildman–Crippen MR) is 73.7 cm³/mol. The average molecular weight is 280 g/mol. The highest BCUT2D eigenvalue weighted by Gasteiger charge is 2.14. The van der Waals surface area contributed by atoms with E-state index in [9.17, 15) is 9.50 Å². The molecule has 100 valence electrons. The van der Waals surface area contributed by atoms with Crippen LogP contribution in [0.5, 0.6) is 0 Å². The molecule has 1 atom stereocenters. The Morgan fingerprint density at radius 3 is 2.84 bits per heavy atom. The maximum atomic E-state index is 13.2. The van der Waals surface area contributed by atoms with E-state index in [0.29, 0.717) is 10.6 Å². The largest absolute Gasteiger partial charge is 0.388 e. The summed E-state index contributed by atoms with van der Waals surface area (Å²) >= 11 is 6.01. The van der Waals surface area contributed by atoms with Crippen LogP contribution in [-0.4, -0.2) is 10.1 Å². The molecule has 1 aromatic heterocycles. The molecular weight excluding hydrogens is 265 g/mol. The molecule has 0 aliphatic heterocycles. The summed E-state index contributed by atoms with van der Waals surface area (Å²) in [7, 11) is 0. The van der Waals surface area contributed by atoms with Gasteiger partial charge in [-0.05, 0) is 47.4 Å². The molecule has 0 amide bonds. The number of hydrogen-bond acceptors (Lipinski definition) is 2. The Kier molecular flexibility index (Phi) is 4.51. The lowest BCUT2D eigenvalue weighted by Crippen LogP contribution is -2.06. The van der Waals surface area contributed by atoms with Crippen LogP contribution in [0.4, 0.5) is 4.39 Å². The molecule has 0 bridgehead atoms. The number of aromatic nitrogens is 1. The predicted octanol–water partition coefficient (Wildman–Crippen LogP) is 3.71. The lowest BCUT2D eigenvalue weighted by Gasteiger charge is -2.15. The monoisotopic (exact) mass is 279 g/mol. The molecule has 1 N–H and O–H groups in total. The smallest absolute Gasteiger partial charge is 0.123 e. The number of halogens is 2. The molecule has 0 saturated carbocycles. The lowest BCUT2D eigenvalue weighted by molar-refractivity contribution is 0.177. The number of nitrogens with zero attached hydrogens (tertiary/aromatic N) is 1. The van der Waals surface area contributed by atoms with Crippen LogP contribution in [0.1, 0.15) is 29.7 Å². The zero-order valence-corrected chi connectivity index (χ0v) is 11.4. The van der Waals surface area contributed by atoms with Gasteiger partial charge in [0.15, 0.2) is 0 Å². The number of benzene rings is 1. The third kappa shape index (κ3) is 3.31. The van der Waals surface area contributed by atoms with Crippen molar-refractivity contribution in [3.63, 3.8) is 0 Å². The van der Waals surface area contributed by atoms with E-state index in [1.165, 1.54) is 18.2 Å². The second-order valence-corrected chi connectivity index (χ2v) is 4.79. The van der Waals surface area contributed by atoms with Crippen molar-refractivity contribution in [1.82, 2.24) is 4.98 Å². The summed E-state index contributed by atoms with van der Waals surface area (Å²) in [6.45, 7) is 2.00. The number of pyridine rings is 1. The van der Waals surface area contributed by atoms with Gasteiger partial charge in [-0.1, -0.05) is 18.5 Å². The summed E-state index contributed by atoms with van der Waals surface area (Å²) in [5.41, 5.74) is 2.41. The van der Waals surface area contributed by atoms with Crippen molar-refractivity contribution in [3.8, 4) is 0 Å². The number of aryl methyl sites for hydroxylation is 1. The first-order valence-electron chi connectivity index (χ1n) is 6.16. The zero-order valence-electron chi connectivity index (χ0n) is 10.6. The number of rotatable bonds is 4. The summed E-state index contributed by atoms with van der Waals surface area (Å²) < 4.78 is 13.2. The van der Waals surface area contributed by atoms with Gasteiger partial charge in [-0.3, -0.25) is 4.98 Å². The molecule has 4 heteroatoms. The fraction of sp³-hybridized carbons (Fsp3) is 0.267. The van der Waals surface area contributed by atoms with Crippen LogP contribution in [-0.2, 0) is 12.8 Å². The summed E-state index contributed by atoms with van der Waals surface area (Å²) in [6.07, 6.45) is 3.75. The van der Waals surface area contributed by atoms with Gasteiger partial charge >= 0.3 is 0 Å². The Balaban J connectivity index is 2.25. The van der Waals surface area contributed by atoms with Crippen molar-refractivity contribution >= 4 is 11.6 Å². The molecule has 0 radical (unpaired) electrons. The maximum absolute atomic E-state index is 13.2. The van der Waals surface area contributed by atoms with E-state index < -0.39 is 6.10 Å². The van der Waals surface area contributed by atoms with Crippen molar-refractivity contribution in [2.24, 2.45) is 0 Å². The average Bonchev–Trinajstić information content (AvgIpc) is 2.42. The third-order valence-corrected chi connectivity index (χ3v) is 3.47. The van der Waals surface area contributed by atoms with Gasteiger partial charge in [0, 0.05) is 23.8 Å². The van der Waals surface area contributed by atoms with Gasteiger partial charge in [0.25, 0.3) is 0 Å². The fourth-order valence-electron chi connectivity index (χ4n) is 2.08. The molecule has 19 heavy (non-hydrogen) atoms. The van der Waals surface area contributed by atoms with E-state index in [1.807, 2.05) is 6.92 Å². The second-order valence-electron chi connectivity index (χ2n) is 4.38. The van der Waals surface area contributed by atoms with Gasteiger partial charge in [0.05, 0.1) is 6.10 Å². The van der Waals surface area contributed by atoms with Gasteiger partial charge in [-0.15, -0.1) is 0 Å². The van der Waals surface area contributed by atoms with Gasteiger partial charge in [-0.25, -0.2) is 4.39 Å². The summed E-state index contributed by atoms with van der Waals surface area (Å²) in [5, 5.41) is 10.8. The molecule has 0 spiro atoms. The van der Waals surface area contributed by atoms with Gasteiger partial charge < -0.3 is 5.11 Å². The van der Waals surface area contributed by atoms with Crippen molar-refractivity contribution in [2.45, 2.75) is 25.9 Å². The second kappa shape index (κ2) is 6.13. The van der Waals surface area contributed by atoms with Crippen LogP contribution in [0.25, 0.3) is 0 Å². The van der Waals surface area contributed by atoms with Crippen LogP contribution in [0.15, 0.2) is 36.7 Å². The van der Waals surface area contributed by atoms with E-state index in [0.717, 1.165) is 17.5 Å². The summed E-state index contributed by atoms with van der Waals surface area (Å²) in [4.78, 5) is 4.04. The zero-order chi connectivity index (χ0) is 13.8. The standard InChI is InChI=1S/C15H15ClFNO/c1-2-10-9-18-6-5-13(10)15(19)8-11-7-12(17)3-4-14(11)16/h3-7,9,15,19H,2,8H2,1H3. The SMILES string of the molecule is CCc1cnccc1C(O)Cc1cc(F)ccc1Cl. The summed E-state index contributed by atoms with van der Waals surface area (Å²) in [5.74, 6) is -0.350. The van der Waals surface area contributed by atoms with E-state index in [-0.39, 0.29) is 12.2 Å². The molecule has 0 aliphatic rings. The minimum absolute atomic E-state index is 0.285. The quantitative estimate of drug-likeness (QED) is 0.925. The normalized spacial score (nSPS) is 12.4. The molecule has 1 heterocycles. The highest BCUT2D eigenvalue weighted by atomic mass is 35.5. The molecule has 2 rings (SSSR count). The first kappa shape index (κ1) is 14.0. The topological polar surface area (TPSA) is 33.1 Å². The Bertz CT molecular complexity index is 574. The van der Waals surface area contributed by atoms with Crippen LogP contribution in [0, 0.1) is 5.82 Å². The van der Waals surface area contributed by atoms with Crippen molar-refractivity contribution in [2.75, 3.05) is 0 Å². The van der Waals surface area contributed by atoms with Crippen LogP contribution in [0.3, 0.4) is 0 Å². The molecule has 0 saturated heterocycles. The van der Waals surface area contributed by atoms with Gasteiger partial charge in [0.1, 0.15) is 5.82 Å². The first-order valence-corrected chi connectivity index (χ1v) is 6.54. The minimum atomic E-state index is -0.711. The molecular formula is C15H15ClFNO. The lowest BCUT2D eigenvalue weighted by atomic mass is 9.97. The highest BCUT2D eigenvalue weighted by Crippen LogP contribution is 2.26. The van der Waals surface area contributed by atoms with Crippen LogP contribution < -0.4 is 0 Å². The van der Waals surface area contributed by atoms with Crippen molar-refractivity contribution in [1.29, 1.82) is 0 Å². The molecule has 2 aromatic rings. The van der Waals surface area contributed by atoms with Crippen molar-refractivity contribution < 1.29 is 9.50 Å². The van der Waals surface area contributed by atoms with Crippen LogP contribution >= 0.6 is 11.6 Å². The van der Waals surface area contributed by atoms with E-state index in [1.54, 1.807) is 18.5 Å². The van der Waals surface area contributed by atoms with Crippen molar-refractivity contribution in [3.05, 3.63) is 64.2 Å². The minimum Gasteiger partial charge on any atom is -0.388 e. The number of aliphatic hydroxyl groups is 1.